The lowest BCUT2D eigenvalue weighted by Gasteiger charge is -2.22. The third kappa shape index (κ3) is 3.46. The Morgan fingerprint density at radius 1 is 1.42 bits per heavy atom. The summed E-state index contributed by atoms with van der Waals surface area (Å²) in [6, 6.07) is 3.64. The number of ether oxygens (including phenoxy) is 1. The second-order valence-electron chi connectivity index (χ2n) is 5.46. The van der Waals surface area contributed by atoms with Crippen molar-refractivity contribution in [2.45, 2.75) is 46.0 Å². The van der Waals surface area contributed by atoms with E-state index in [0.29, 0.717) is 12.5 Å². The maximum absolute atomic E-state index is 12.2. The van der Waals surface area contributed by atoms with Crippen LogP contribution in [-0.2, 0) is 4.79 Å². The second kappa shape index (κ2) is 6.04. The number of amides is 1. The number of carbonyl (C=O) groups excluding carboxylic acids is 1. The Kier molecular flexibility index (Phi) is 4.40. The molecule has 0 aromatic carbocycles. The van der Waals surface area contributed by atoms with Crippen LogP contribution in [0.3, 0.4) is 0 Å². The highest BCUT2D eigenvalue weighted by Crippen LogP contribution is 2.38. The Bertz CT molecular complexity index is 422. The fraction of sp³-hybridized carbons (Fsp3) is 0.600. The summed E-state index contributed by atoms with van der Waals surface area (Å²) in [5.41, 5.74) is 0.527. The van der Waals surface area contributed by atoms with Crippen LogP contribution in [-0.4, -0.2) is 17.5 Å². The summed E-state index contributed by atoms with van der Waals surface area (Å²) in [5.74, 6) is 0.709. The van der Waals surface area contributed by atoms with Gasteiger partial charge in [-0.25, -0.2) is 4.98 Å². The molecule has 104 valence electrons. The lowest BCUT2D eigenvalue weighted by Crippen LogP contribution is -2.30. The van der Waals surface area contributed by atoms with Gasteiger partial charge in [0, 0.05) is 11.5 Å². The summed E-state index contributed by atoms with van der Waals surface area (Å²) in [6.07, 6.45) is 6.85. The highest BCUT2D eigenvalue weighted by Gasteiger charge is 2.36. The molecule has 1 amide bonds. The molecule has 0 radical (unpaired) electrons. The predicted molar refractivity (Wildman–Crippen MR) is 75.2 cm³/mol. The molecule has 0 bridgehead atoms. The van der Waals surface area contributed by atoms with E-state index >= 15 is 0 Å². The van der Waals surface area contributed by atoms with Crippen LogP contribution in [0.25, 0.3) is 0 Å². The smallest absolute Gasteiger partial charge is 0.230 e. The van der Waals surface area contributed by atoms with Crippen LogP contribution in [0.5, 0.6) is 5.88 Å². The molecule has 0 atom stereocenters. The molecular formula is C15H22N2O2. The fourth-order valence-corrected chi connectivity index (χ4v) is 2.41. The van der Waals surface area contributed by atoms with Gasteiger partial charge >= 0.3 is 0 Å². The Hall–Kier alpha value is -1.58. The van der Waals surface area contributed by atoms with Gasteiger partial charge in [-0.05, 0) is 25.3 Å². The molecule has 0 aliphatic heterocycles. The van der Waals surface area contributed by atoms with Crippen LogP contribution in [0.1, 0.15) is 46.0 Å². The van der Waals surface area contributed by atoms with Gasteiger partial charge in [0.1, 0.15) is 0 Å². The van der Waals surface area contributed by atoms with E-state index in [0.717, 1.165) is 37.8 Å². The van der Waals surface area contributed by atoms with E-state index in [1.165, 1.54) is 0 Å². The molecule has 1 aliphatic rings. The van der Waals surface area contributed by atoms with Crippen LogP contribution >= 0.6 is 0 Å². The zero-order valence-electron chi connectivity index (χ0n) is 11.7. The lowest BCUT2D eigenvalue weighted by atomic mass is 9.88. The van der Waals surface area contributed by atoms with Gasteiger partial charge in [0.05, 0.1) is 18.5 Å². The number of nitrogens with zero attached hydrogens (tertiary/aromatic N) is 1. The van der Waals surface area contributed by atoms with Crippen molar-refractivity contribution >= 4 is 11.6 Å². The van der Waals surface area contributed by atoms with Gasteiger partial charge in [0.15, 0.2) is 0 Å². The largest absolute Gasteiger partial charge is 0.478 e. The Balaban J connectivity index is 1.93. The fourth-order valence-electron chi connectivity index (χ4n) is 2.41. The maximum Gasteiger partial charge on any atom is 0.230 e. The van der Waals surface area contributed by atoms with Crippen molar-refractivity contribution in [3.8, 4) is 5.88 Å². The van der Waals surface area contributed by atoms with Crippen LogP contribution in [0.2, 0.25) is 0 Å². The molecule has 4 heteroatoms. The van der Waals surface area contributed by atoms with Gasteiger partial charge in [-0.3, -0.25) is 4.79 Å². The third-order valence-corrected chi connectivity index (χ3v) is 3.70. The summed E-state index contributed by atoms with van der Waals surface area (Å²) in [4.78, 5) is 16.4. The van der Waals surface area contributed by atoms with Crippen LogP contribution in [0, 0.1) is 5.41 Å². The average Bonchev–Trinajstić information content (AvgIpc) is 2.86. The molecule has 1 heterocycles. The van der Waals surface area contributed by atoms with E-state index in [2.05, 4.69) is 17.2 Å². The van der Waals surface area contributed by atoms with Crippen molar-refractivity contribution in [1.82, 2.24) is 4.98 Å². The van der Waals surface area contributed by atoms with Gasteiger partial charge < -0.3 is 10.1 Å². The molecule has 1 fully saturated rings. The van der Waals surface area contributed by atoms with Gasteiger partial charge in [0.25, 0.3) is 0 Å². The topological polar surface area (TPSA) is 51.2 Å². The number of hydrogen-bond acceptors (Lipinski definition) is 3. The summed E-state index contributed by atoms with van der Waals surface area (Å²) < 4.78 is 5.41. The number of nitrogens with one attached hydrogen (secondary N) is 1. The molecule has 2 rings (SSSR count). The highest BCUT2D eigenvalue weighted by atomic mass is 16.5. The minimum Gasteiger partial charge on any atom is -0.478 e. The number of anilines is 1. The van der Waals surface area contributed by atoms with Crippen LogP contribution < -0.4 is 10.1 Å². The Morgan fingerprint density at radius 2 is 2.16 bits per heavy atom. The molecule has 1 aromatic rings. The minimum atomic E-state index is -0.211. The molecule has 0 saturated heterocycles. The molecular weight excluding hydrogens is 240 g/mol. The minimum absolute atomic E-state index is 0.106. The quantitative estimate of drug-likeness (QED) is 0.885. The van der Waals surface area contributed by atoms with Crippen molar-refractivity contribution in [2.75, 3.05) is 11.9 Å². The molecule has 1 aromatic heterocycles. The summed E-state index contributed by atoms with van der Waals surface area (Å²) in [6.45, 7) is 4.76. The SMILES string of the molecule is CCCOc1ccc(NC(=O)C2(C)CCCC2)cn1. The molecule has 19 heavy (non-hydrogen) atoms. The second-order valence-corrected chi connectivity index (χ2v) is 5.46. The number of hydrogen-bond donors (Lipinski definition) is 1. The van der Waals surface area contributed by atoms with E-state index in [4.69, 9.17) is 4.74 Å². The number of aromatic nitrogens is 1. The van der Waals surface area contributed by atoms with E-state index < -0.39 is 0 Å². The molecule has 1 aliphatic carbocycles. The van der Waals surface area contributed by atoms with Gasteiger partial charge in [-0.1, -0.05) is 26.7 Å². The van der Waals surface area contributed by atoms with Crippen molar-refractivity contribution in [2.24, 2.45) is 5.41 Å². The predicted octanol–water partition coefficient (Wildman–Crippen LogP) is 3.39. The number of rotatable bonds is 5. The Morgan fingerprint density at radius 3 is 2.74 bits per heavy atom. The summed E-state index contributed by atoms with van der Waals surface area (Å²) in [5, 5.41) is 2.95. The van der Waals surface area contributed by atoms with Crippen molar-refractivity contribution < 1.29 is 9.53 Å². The lowest BCUT2D eigenvalue weighted by molar-refractivity contribution is -0.124. The number of pyridine rings is 1. The third-order valence-electron chi connectivity index (χ3n) is 3.70. The molecule has 0 unspecified atom stereocenters. The first-order chi connectivity index (χ1) is 9.14. The van der Waals surface area contributed by atoms with E-state index in [1.54, 1.807) is 12.3 Å². The molecule has 0 spiro atoms. The molecule has 4 nitrogen and oxygen atoms in total. The first-order valence-corrected chi connectivity index (χ1v) is 7.04. The first-order valence-electron chi connectivity index (χ1n) is 7.04. The van der Waals surface area contributed by atoms with Gasteiger partial charge in [0.2, 0.25) is 11.8 Å². The van der Waals surface area contributed by atoms with E-state index in [-0.39, 0.29) is 11.3 Å². The van der Waals surface area contributed by atoms with Crippen molar-refractivity contribution in [3.05, 3.63) is 18.3 Å². The first kappa shape index (κ1) is 13.8. The zero-order chi connectivity index (χ0) is 13.7. The number of carbonyl (C=O) groups is 1. The normalized spacial score (nSPS) is 17.2. The van der Waals surface area contributed by atoms with Crippen LogP contribution in [0.4, 0.5) is 5.69 Å². The monoisotopic (exact) mass is 262 g/mol. The maximum atomic E-state index is 12.2. The van der Waals surface area contributed by atoms with Crippen molar-refractivity contribution in [1.29, 1.82) is 0 Å². The van der Waals surface area contributed by atoms with Crippen LogP contribution in [0.15, 0.2) is 18.3 Å². The van der Waals surface area contributed by atoms with Gasteiger partial charge in [-0.15, -0.1) is 0 Å². The van der Waals surface area contributed by atoms with E-state index in [9.17, 15) is 4.79 Å². The molecule has 1 N–H and O–H groups in total. The standard InChI is InChI=1S/C15H22N2O2/c1-3-10-19-13-7-6-12(11-16-13)17-14(18)15(2)8-4-5-9-15/h6-7,11H,3-5,8-10H2,1-2H3,(H,17,18). The van der Waals surface area contributed by atoms with Gasteiger partial charge in [-0.2, -0.15) is 0 Å². The highest BCUT2D eigenvalue weighted by molar-refractivity contribution is 5.95. The summed E-state index contributed by atoms with van der Waals surface area (Å²) in [7, 11) is 0. The zero-order valence-corrected chi connectivity index (χ0v) is 11.7. The molecule has 1 saturated carbocycles. The van der Waals surface area contributed by atoms with E-state index in [1.807, 2.05) is 13.0 Å². The summed E-state index contributed by atoms with van der Waals surface area (Å²) >= 11 is 0. The van der Waals surface area contributed by atoms with Crippen molar-refractivity contribution in [3.63, 3.8) is 0 Å². The average molecular weight is 262 g/mol. The Labute approximate surface area is 114 Å².